The van der Waals surface area contributed by atoms with Crippen LogP contribution in [-0.2, 0) is 10.0 Å². The standard InChI is InChI=1S/C20H22N4O3S2/c1-12-17-13(2)21-14(3)22-20(17)28-18(12)19(25)23-15-7-6-8-16(11-15)29(26,27)24-9-4-5-10-24/h6-8,11H,4-5,9-10H2,1-3H3,(H,23,25). The minimum Gasteiger partial charge on any atom is -0.321 e. The van der Waals surface area contributed by atoms with Crippen molar-refractivity contribution in [1.82, 2.24) is 14.3 Å². The number of nitrogens with zero attached hydrogens (tertiary/aromatic N) is 3. The third-order valence-electron chi connectivity index (χ3n) is 5.08. The minimum absolute atomic E-state index is 0.197. The minimum atomic E-state index is -3.53. The van der Waals surface area contributed by atoms with E-state index in [1.807, 2.05) is 20.8 Å². The average molecular weight is 431 g/mol. The number of amides is 1. The first-order chi connectivity index (χ1) is 13.8. The van der Waals surface area contributed by atoms with Crippen LogP contribution in [0.1, 0.15) is 39.6 Å². The van der Waals surface area contributed by atoms with Crippen molar-refractivity contribution in [3.8, 4) is 0 Å². The Balaban J connectivity index is 1.63. The fourth-order valence-electron chi connectivity index (χ4n) is 3.69. The van der Waals surface area contributed by atoms with E-state index >= 15 is 0 Å². The molecule has 0 atom stereocenters. The lowest BCUT2D eigenvalue weighted by Gasteiger charge is -2.16. The highest BCUT2D eigenvalue weighted by Crippen LogP contribution is 2.32. The molecule has 4 rings (SSSR count). The van der Waals surface area contributed by atoms with E-state index in [0.717, 1.165) is 34.3 Å². The number of fused-ring (bicyclic) bond motifs is 1. The number of thiophene rings is 1. The van der Waals surface area contributed by atoms with E-state index in [1.165, 1.54) is 21.7 Å². The van der Waals surface area contributed by atoms with Gasteiger partial charge in [-0.3, -0.25) is 4.79 Å². The van der Waals surface area contributed by atoms with Crippen LogP contribution in [0.25, 0.3) is 10.2 Å². The monoisotopic (exact) mass is 430 g/mol. The average Bonchev–Trinajstić information content (AvgIpc) is 3.30. The van der Waals surface area contributed by atoms with Crippen molar-refractivity contribution in [3.63, 3.8) is 0 Å². The van der Waals surface area contributed by atoms with Crippen LogP contribution in [0.5, 0.6) is 0 Å². The third-order valence-corrected chi connectivity index (χ3v) is 8.16. The van der Waals surface area contributed by atoms with Crippen LogP contribution in [0.4, 0.5) is 5.69 Å². The van der Waals surface area contributed by atoms with Crippen LogP contribution in [-0.4, -0.2) is 41.7 Å². The smallest absolute Gasteiger partial charge is 0.266 e. The molecule has 0 aliphatic carbocycles. The highest BCUT2D eigenvalue weighted by Gasteiger charge is 2.27. The number of carbonyl (C=O) groups excluding carboxylic acids is 1. The molecule has 0 unspecified atom stereocenters. The van der Waals surface area contributed by atoms with Crippen LogP contribution in [0, 0.1) is 20.8 Å². The summed E-state index contributed by atoms with van der Waals surface area (Å²) in [5.41, 5.74) is 2.13. The Morgan fingerprint density at radius 2 is 1.86 bits per heavy atom. The Kier molecular flexibility index (Phi) is 5.14. The van der Waals surface area contributed by atoms with Crippen molar-refractivity contribution in [1.29, 1.82) is 0 Å². The SMILES string of the molecule is Cc1nc(C)c2c(C)c(C(=O)Nc3cccc(S(=O)(=O)N4CCCC4)c3)sc2n1. The summed E-state index contributed by atoms with van der Waals surface area (Å²) < 4.78 is 27.1. The highest BCUT2D eigenvalue weighted by atomic mass is 32.2. The number of hydrogen-bond donors (Lipinski definition) is 1. The summed E-state index contributed by atoms with van der Waals surface area (Å²) in [6.07, 6.45) is 1.76. The van der Waals surface area contributed by atoms with Gasteiger partial charge in [-0.1, -0.05) is 6.07 Å². The lowest BCUT2D eigenvalue weighted by Crippen LogP contribution is -2.27. The van der Waals surface area contributed by atoms with E-state index in [1.54, 1.807) is 18.2 Å². The second-order valence-corrected chi connectivity index (χ2v) is 10.1. The zero-order valence-corrected chi connectivity index (χ0v) is 18.2. The van der Waals surface area contributed by atoms with Gasteiger partial charge < -0.3 is 5.32 Å². The molecule has 1 fully saturated rings. The normalized spacial score (nSPS) is 15.1. The molecule has 7 nitrogen and oxygen atoms in total. The van der Waals surface area contributed by atoms with Gasteiger partial charge in [-0.15, -0.1) is 11.3 Å². The zero-order chi connectivity index (χ0) is 20.8. The predicted molar refractivity (Wildman–Crippen MR) is 114 cm³/mol. The summed E-state index contributed by atoms with van der Waals surface area (Å²) in [4.78, 5) is 23.3. The highest BCUT2D eigenvalue weighted by molar-refractivity contribution is 7.89. The molecule has 1 amide bonds. The molecular weight excluding hydrogens is 408 g/mol. The number of carbonyl (C=O) groups is 1. The fraction of sp³-hybridized carbons (Fsp3) is 0.350. The maximum absolute atomic E-state index is 12.9. The van der Waals surface area contributed by atoms with Gasteiger partial charge in [-0.25, -0.2) is 18.4 Å². The number of rotatable bonds is 4. The lowest BCUT2D eigenvalue weighted by atomic mass is 10.1. The summed E-state index contributed by atoms with van der Waals surface area (Å²) in [6, 6.07) is 6.42. The molecule has 3 aromatic rings. The Morgan fingerprint density at radius 3 is 2.59 bits per heavy atom. The fourth-order valence-corrected chi connectivity index (χ4v) is 6.43. The molecule has 29 heavy (non-hydrogen) atoms. The summed E-state index contributed by atoms with van der Waals surface area (Å²) in [5, 5.41) is 3.74. The first kappa shape index (κ1) is 19.9. The largest absolute Gasteiger partial charge is 0.321 e. The molecule has 0 radical (unpaired) electrons. The molecule has 1 saturated heterocycles. The van der Waals surface area contributed by atoms with Gasteiger partial charge in [0.2, 0.25) is 10.0 Å². The van der Waals surface area contributed by atoms with E-state index < -0.39 is 10.0 Å². The molecule has 1 aliphatic heterocycles. The molecule has 0 bridgehead atoms. The van der Waals surface area contributed by atoms with Crippen LogP contribution in [0.15, 0.2) is 29.2 Å². The molecule has 1 N–H and O–H groups in total. The van der Waals surface area contributed by atoms with Crippen LogP contribution < -0.4 is 5.32 Å². The summed E-state index contributed by atoms with van der Waals surface area (Å²) in [5.74, 6) is 0.390. The zero-order valence-electron chi connectivity index (χ0n) is 16.5. The van der Waals surface area contributed by atoms with Crippen LogP contribution in [0.3, 0.4) is 0 Å². The van der Waals surface area contributed by atoms with Crippen molar-refractivity contribution in [2.24, 2.45) is 0 Å². The van der Waals surface area contributed by atoms with E-state index in [0.29, 0.717) is 29.5 Å². The number of aryl methyl sites for hydroxylation is 3. The molecule has 3 heterocycles. The summed E-state index contributed by atoms with van der Waals surface area (Å²) in [7, 11) is -3.53. The Morgan fingerprint density at radius 1 is 1.14 bits per heavy atom. The van der Waals surface area contributed by atoms with Gasteiger partial charge in [-0.2, -0.15) is 4.31 Å². The van der Waals surface area contributed by atoms with Crippen LogP contribution in [0.2, 0.25) is 0 Å². The van der Waals surface area contributed by atoms with Gasteiger partial charge in [0, 0.05) is 29.9 Å². The molecule has 152 valence electrons. The second-order valence-electron chi connectivity index (χ2n) is 7.19. The molecule has 9 heteroatoms. The first-order valence-electron chi connectivity index (χ1n) is 9.43. The Hall–Kier alpha value is -2.36. The van der Waals surface area contributed by atoms with Gasteiger partial charge >= 0.3 is 0 Å². The molecule has 0 spiro atoms. The molecule has 2 aromatic heterocycles. The predicted octanol–water partition coefficient (Wildman–Crippen LogP) is 3.65. The van der Waals surface area contributed by atoms with E-state index in [-0.39, 0.29) is 10.8 Å². The molecule has 1 aromatic carbocycles. The van der Waals surface area contributed by atoms with Gasteiger partial charge in [0.25, 0.3) is 5.91 Å². The van der Waals surface area contributed by atoms with Crippen molar-refractivity contribution >= 4 is 43.2 Å². The number of anilines is 1. The van der Waals surface area contributed by atoms with Crippen LogP contribution >= 0.6 is 11.3 Å². The van der Waals surface area contributed by atoms with Crippen molar-refractivity contribution in [2.45, 2.75) is 38.5 Å². The molecule has 0 saturated carbocycles. The number of benzene rings is 1. The second kappa shape index (κ2) is 7.47. The maximum Gasteiger partial charge on any atom is 0.266 e. The number of sulfonamides is 1. The molecular formula is C20H22N4O3S2. The topological polar surface area (TPSA) is 92.3 Å². The molecule has 1 aliphatic rings. The summed E-state index contributed by atoms with van der Waals surface area (Å²) in [6.45, 7) is 6.70. The van der Waals surface area contributed by atoms with Gasteiger partial charge in [-0.05, 0) is 57.4 Å². The van der Waals surface area contributed by atoms with E-state index in [9.17, 15) is 13.2 Å². The van der Waals surface area contributed by atoms with Crippen molar-refractivity contribution in [3.05, 3.63) is 46.2 Å². The quantitative estimate of drug-likeness (QED) is 0.682. The van der Waals surface area contributed by atoms with Gasteiger partial charge in [0.15, 0.2) is 0 Å². The Bertz CT molecular complexity index is 1210. The number of hydrogen-bond acceptors (Lipinski definition) is 6. The lowest BCUT2D eigenvalue weighted by molar-refractivity contribution is 0.103. The van der Waals surface area contributed by atoms with Gasteiger partial charge in [0.1, 0.15) is 10.7 Å². The van der Waals surface area contributed by atoms with Gasteiger partial charge in [0.05, 0.1) is 9.77 Å². The summed E-state index contributed by atoms with van der Waals surface area (Å²) >= 11 is 1.32. The third kappa shape index (κ3) is 3.65. The van der Waals surface area contributed by atoms with Crippen molar-refractivity contribution < 1.29 is 13.2 Å². The maximum atomic E-state index is 12.9. The first-order valence-corrected chi connectivity index (χ1v) is 11.7. The van der Waals surface area contributed by atoms with E-state index in [2.05, 4.69) is 15.3 Å². The number of aromatic nitrogens is 2. The van der Waals surface area contributed by atoms with Crippen molar-refractivity contribution in [2.75, 3.05) is 18.4 Å². The van der Waals surface area contributed by atoms with E-state index in [4.69, 9.17) is 0 Å². The number of nitrogens with one attached hydrogen (secondary N) is 1. The Labute approximate surface area is 173 Å².